The Kier molecular flexibility index (Phi) is 2.13. The number of hydrogen-bond donors (Lipinski definition) is 2. The third kappa shape index (κ3) is 1.44. The largest absolute Gasteiger partial charge is 0.320 e. The van der Waals surface area contributed by atoms with E-state index in [1.807, 2.05) is 43.3 Å². The van der Waals surface area contributed by atoms with Gasteiger partial charge < -0.3 is 10.6 Å². The van der Waals surface area contributed by atoms with Crippen LogP contribution in [0.5, 0.6) is 0 Å². The molecule has 1 aromatic rings. The number of carbonyl (C=O) groups is 1. The number of amides is 2. The van der Waals surface area contributed by atoms with Gasteiger partial charge in [0.2, 0.25) is 0 Å². The van der Waals surface area contributed by atoms with E-state index < -0.39 is 0 Å². The Hall–Kier alpha value is -1.55. The fourth-order valence-electron chi connectivity index (χ4n) is 1.62. The summed E-state index contributed by atoms with van der Waals surface area (Å²) in [5.41, 5.74) is 1.98. The molecule has 14 heavy (non-hydrogen) atoms. The quantitative estimate of drug-likeness (QED) is 0.704. The molecule has 2 N–H and O–H groups in total. The number of carbonyl (C=O) groups excluding carboxylic acids is 1. The van der Waals surface area contributed by atoms with Crippen LogP contribution in [-0.4, -0.2) is 25.0 Å². The van der Waals surface area contributed by atoms with E-state index in [1.54, 1.807) is 0 Å². The van der Waals surface area contributed by atoms with Crippen molar-refractivity contribution >= 4 is 11.7 Å². The fraction of sp³-hybridized carbons (Fsp3) is 0.300. The maximum Gasteiger partial charge on any atom is 0.320 e. The summed E-state index contributed by atoms with van der Waals surface area (Å²) in [5, 5.41) is 5.62. The lowest BCUT2D eigenvalue weighted by Gasteiger charge is -2.31. The zero-order valence-corrected chi connectivity index (χ0v) is 8.24. The average molecular weight is 191 g/mol. The van der Waals surface area contributed by atoms with Crippen molar-refractivity contribution in [2.45, 2.75) is 6.17 Å². The van der Waals surface area contributed by atoms with Crippen molar-refractivity contribution in [2.24, 2.45) is 0 Å². The summed E-state index contributed by atoms with van der Waals surface area (Å²) in [6.07, 6.45) is -0.0417. The van der Waals surface area contributed by atoms with E-state index in [9.17, 15) is 4.79 Å². The van der Waals surface area contributed by atoms with E-state index in [0.717, 1.165) is 11.3 Å². The first-order valence-corrected chi connectivity index (χ1v) is 4.51. The van der Waals surface area contributed by atoms with Crippen LogP contribution >= 0.6 is 0 Å². The van der Waals surface area contributed by atoms with Crippen molar-refractivity contribution < 1.29 is 4.79 Å². The Morgan fingerprint density at radius 2 is 2.00 bits per heavy atom. The van der Waals surface area contributed by atoms with Gasteiger partial charge in [0.05, 0.1) is 0 Å². The molecule has 1 heterocycles. The third-order valence-corrected chi connectivity index (χ3v) is 2.29. The lowest BCUT2D eigenvalue weighted by Crippen LogP contribution is -2.43. The zero-order valence-electron chi connectivity index (χ0n) is 8.24. The number of rotatable bonds is 1. The number of para-hydroxylation sites is 1. The molecule has 0 saturated heterocycles. The van der Waals surface area contributed by atoms with Crippen LogP contribution in [0.2, 0.25) is 0 Å². The van der Waals surface area contributed by atoms with Gasteiger partial charge in [0.15, 0.2) is 0 Å². The first kappa shape index (κ1) is 9.02. The fourth-order valence-corrected chi connectivity index (χ4v) is 1.62. The molecule has 0 aromatic heterocycles. The summed E-state index contributed by atoms with van der Waals surface area (Å²) in [5.74, 6) is 0. The van der Waals surface area contributed by atoms with Crippen LogP contribution in [0.4, 0.5) is 10.5 Å². The minimum Gasteiger partial charge on any atom is -0.318 e. The average Bonchev–Trinajstić information content (AvgIpc) is 2.16. The molecule has 1 aromatic carbocycles. The number of benzene rings is 1. The van der Waals surface area contributed by atoms with Gasteiger partial charge in [-0.3, -0.25) is 4.90 Å². The maximum absolute atomic E-state index is 11.3. The van der Waals surface area contributed by atoms with Gasteiger partial charge in [0, 0.05) is 11.3 Å². The highest BCUT2D eigenvalue weighted by molar-refractivity contribution is 5.92. The lowest BCUT2D eigenvalue weighted by molar-refractivity contribution is 0.218. The summed E-state index contributed by atoms with van der Waals surface area (Å²) >= 11 is 0. The van der Waals surface area contributed by atoms with Crippen LogP contribution in [0.25, 0.3) is 0 Å². The van der Waals surface area contributed by atoms with E-state index in [1.165, 1.54) is 0 Å². The predicted molar refractivity (Wildman–Crippen MR) is 55.0 cm³/mol. The summed E-state index contributed by atoms with van der Waals surface area (Å²) in [6.45, 7) is 0. The van der Waals surface area contributed by atoms with Gasteiger partial charge >= 0.3 is 6.03 Å². The molecule has 0 aliphatic carbocycles. The smallest absolute Gasteiger partial charge is 0.318 e. The molecular weight excluding hydrogens is 178 g/mol. The van der Waals surface area contributed by atoms with E-state index in [0.29, 0.717) is 0 Å². The standard InChI is InChI=1S/C10H13N3O/c1-13(2)9-7-5-3-4-6-8(7)11-10(14)12-9/h3-6,9H,1-2H3,(H2,11,12,14). The second kappa shape index (κ2) is 3.31. The van der Waals surface area contributed by atoms with E-state index in [4.69, 9.17) is 0 Å². The minimum atomic E-state index is -0.151. The molecule has 0 saturated carbocycles. The Balaban J connectivity index is 2.43. The zero-order chi connectivity index (χ0) is 10.1. The number of urea groups is 1. The second-order valence-corrected chi connectivity index (χ2v) is 3.55. The van der Waals surface area contributed by atoms with Gasteiger partial charge in [-0.2, -0.15) is 0 Å². The second-order valence-electron chi connectivity index (χ2n) is 3.55. The highest BCUT2D eigenvalue weighted by atomic mass is 16.2. The molecule has 1 aliphatic heterocycles. The van der Waals surface area contributed by atoms with E-state index >= 15 is 0 Å². The monoisotopic (exact) mass is 191 g/mol. The van der Waals surface area contributed by atoms with Crippen molar-refractivity contribution in [3.8, 4) is 0 Å². The van der Waals surface area contributed by atoms with Crippen molar-refractivity contribution in [1.29, 1.82) is 0 Å². The summed E-state index contributed by atoms with van der Waals surface area (Å²) in [7, 11) is 3.88. The van der Waals surface area contributed by atoms with Gasteiger partial charge in [-0.25, -0.2) is 4.79 Å². The van der Waals surface area contributed by atoms with Crippen LogP contribution in [0.15, 0.2) is 24.3 Å². The molecule has 2 rings (SSSR count). The Labute approximate surface area is 82.9 Å². The summed E-state index contributed by atoms with van der Waals surface area (Å²) in [4.78, 5) is 13.3. The molecule has 2 amide bonds. The molecular formula is C10H13N3O. The van der Waals surface area contributed by atoms with Crippen LogP contribution in [0.1, 0.15) is 11.7 Å². The van der Waals surface area contributed by atoms with Crippen LogP contribution in [0.3, 0.4) is 0 Å². The molecule has 0 spiro atoms. The first-order valence-electron chi connectivity index (χ1n) is 4.51. The highest BCUT2D eigenvalue weighted by Gasteiger charge is 2.24. The summed E-state index contributed by atoms with van der Waals surface area (Å²) in [6, 6.07) is 7.64. The Morgan fingerprint density at radius 1 is 1.29 bits per heavy atom. The Morgan fingerprint density at radius 3 is 2.71 bits per heavy atom. The van der Waals surface area contributed by atoms with Crippen LogP contribution in [-0.2, 0) is 0 Å². The molecule has 1 atom stereocenters. The number of hydrogen-bond acceptors (Lipinski definition) is 2. The van der Waals surface area contributed by atoms with Gasteiger partial charge in [0.25, 0.3) is 0 Å². The SMILES string of the molecule is CN(C)C1NC(=O)Nc2ccccc21. The number of nitrogens with zero attached hydrogens (tertiary/aromatic N) is 1. The molecule has 1 unspecified atom stereocenters. The Bertz CT molecular complexity index is 362. The van der Waals surface area contributed by atoms with Gasteiger partial charge in [-0.05, 0) is 20.2 Å². The first-order chi connectivity index (χ1) is 6.68. The van der Waals surface area contributed by atoms with Crippen molar-refractivity contribution in [3.63, 3.8) is 0 Å². The molecule has 4 heteroatoms. The van der Waals surface area contributed by atoms with Gasteiger partial charge in [0.1, 0.15) is 6.17 Å². The van der Waals surface area contributed by atoms with E-state index in [-0.39, 0.29) is 12.2 Å². The van der Waals surface area contributed by atoms with Crippen molar-refractivity contribution in [1.82, 2.24) is 10.2 Å². The molecule has 0 bridgehead atoms. The molecule has 74 valence electrons. The molecule has 4 nitrogen and oxygen atoms in total. The molecule has 0 radical (unpaired) electrons. The minimum absolute atomic E-state index is 0.0417. The van der Waals surface area contributed by atoms with Crippen molar-refractivity contribution in [3.05, 3.63) is 29.8 Å². The number of fused-ring (bicyclic) bond motifs is 1. The van der Waals surface area contributed by atoms with Crippen LogP contribution in [0, 0.1) is 0 Å². The highest BCUT2D eigenvalue weighted by Crippen LogP contribution is 2.27. The van der Waals surface area contributed by atoms with Crippen molar-refractivity contribution in [2.75, 3.05) is 19.4 Å². The summed E-state index contributed by atoms with van der Waals surface area (Å²) < 4.78 is 0. The van der Waals surface area contributed by atoms with E-state index in [2.05, 4.69) is 10.6 Å². The van der Waals surface area contributed by atoms with Gasteiger partial charge in [-0.15, -0.1) is 0 Å². The number of anilines is 1. The number of nitrogens with one attached hydrogen (secondary N) is 2. The topological polar surface area (TPSA) is 44.4 Å². The maximum atomic E-state index is 11.3. The van der Waals surface area contributed by atoms with Gasteiger partial charge in [-0.1, -0.05) is 18.2 Å². The third-order valence-electron chi connectivity index (χ3n) is 2.29. The van der Waals surface area contributed by atoms with Crippen LogP contribution < -0.4 is 10.6 Å². The normalized spacial score (nSPS) is 19.9. The molecule has 1 aliphatic rings. The molecule has 0 fully saturated rings. The lowest BCUT2D eigenvalue weighted by atomic mass is 10.1. The predicted octanol–water partition coefficient (Wildman–Crippen LogP) is 1.38.